The van der Waals surface area contributed by atoms with Gasteiger partial charge in [0.25, 0.3) is 0 Å². The monoisotopic (exact) mass is 229 g/mol. The second kappa shape index (κ2) is 4.47. The van der Waals surface area contributed by atoms with E-state index in [-0.39, 0.29) is 5.69 Å². The zero-order chi connectivity index (χ0) is 12.3. The van der Waals surface area contributed by atoms with E-state index in [4.69, 9.17) is 0 Å². The standard InChI is InChI=1S/C11H13F2NO2/c1-11(2,10(15)16-3)14-9-6-7(12)4-5-8(9)13/h4-6,14H,1-3H3. The van der Waals surface area contributed by atoms with Crippen molar-refractivity contribution in [1.82, 2.24) is 0 Å². The first kappa shape index (κ1) is 12.4. The summed E-state index contributed by atoms with van der Waals surface area (Å²) in [6.07, 6.45) is 0. The molecule has 0 saturated carbocycles. The quantitative estimate of drug-likeness (QED) is 0.808. The molecule has 16 heavy (non-hydrogen) atoms. The minimum Gasteiger partial charge on any atom is -0.467 e. The number of nitrogens with one attached hydrogen (secondary N) is 1. The lowest BCUT2D eigenvalue weighted by Gasteiger charge is -2.24. The summed E-state index contributed by atoms with van der Waals surface area (Å²) in [6.45, 7) is 3.03. The highest BCUT2D eigenvalue weighted by atomic mass is 19.1. The Morgan fingerprint density at radius 2 is 2.00 bits per heavy atom. The molecule has 0 aliphatic carbocycles. The van der Waals surface area contributed by atoms with Crippen molar-refractivity contribution in [2.24, 2.45) is 0 Å². The SMILES string of the molecule is COC(=O)C(C)(C)Nc1cc(F)ccc1F. The third kappa shape index (κ3) is 2.68. The van der Waals surface area contributed by atoms with Gasteiger partial charge in [0, 0.05) is 0 Å². The normalized spacial score (nSPS) is 11.1. The molecule has 0 fully saturated rings. The van der Waals surface area contributed by atoms with E-state index >= 15 is 0 Å². The van der Waals surface area contributed by atoms with Crippen LogP contribution in [0.3, 0.4) is 0 Å². The Morgan fingerprint density at radius 1 is 1.38 bits per heavy atom. The minimum absolute atomic E-state index is 0.0737. The van der Waals surface area contributed by atoms with Gasteiger partial charge in [-0.15, -0.1) is 0 Å². The molecular formula is C11H13F2NO2. The van der Waals surface area contributed by atoms with E-state index in [2.05, 4.69) is 10.1 Å². The van der Waals surface area contributed by atoms with E-state index in [0.717, 1.165) is 18.2 Å². The molecule has 88 valence electrons. The Bertz CT molecular complexity index is 405. The molecule has 0 spiro atoms. The molecule has 0 aliphatic heterocycles. The van der Waals surface area contributed by atoms with Crippen LogP contribution in [0.25, 0.3) is 0 Å². The molecule has 0 unspecified atom stereocenters. The number of ether oxygens (including phenoxy) is 1. The predicted octanol–water partition coefficient (Wildman–Crippen LogP) is 2.33. The van der Waals surface area contributed by atoms with Crippen LogP contribution in [0.4, 0.5) is 14.5 Å². The van der Waals surface area contributed by atoms with Gasteiger partial charge in [-0.2, -0.15) is 0 Å². The van der Waals surface area contributed by atoms with Crippen molar-refractivity contribution in [3.8, 4) is 0 Å². The Kier molecular flexibility index (Phi) is 3.47. The van der Waals surface area contributed by atoms with Crippen molar-refractivity contribution in [2.45, 2.75) is 19.4 Å². The van der Waals surface area contributed by atoms with E-state index in [0.29, 0.717) is 0 Å². The van der Waals surface area contributed by atoms with Gasteiger partial charge in [0.05, 0.1) is 12.8 Å². The zero-order valence-corrected chi connectivity index (χ0v) is 9.30. The van der Waals surface area contributed by atoms with Crippen LogP contribution in [0, 0.1) is 11.6 Å². The van der Waals surface area contributed by atoms with Crippen molar-refractivity contribution in [3.05, 3.63) is 29.8 Å². The smallest absolute Gasteiger partial charge is 0.330 e. The molecule has 0 aromatic heterocycles. The second-order valence-corrected chi connectivity index (χ2v) is 3.87. The number of halogens is 2. The molecular weight excluding hydrogens is 216 g/mol. The number of anilines is 1. The van der Waals surface area contributed by atoms with Crippen LogP contribution in [0.1, 0.15) is 13.8 Å². The number of rotatable bonds is 3. The summed E-state index contributed by atoms with van der Waals surface area (Å²) in [5.41, 5.74) is -1.20. The molecule has 0 radical (unpaired) electrons. The van der Waals surface area contributed by atoms with E-state index < -0.39 is 23.1 Å². The zero-order valence-electron chi connectivity index (χ0n) is 9.30. The highest BCUT2D eigenvalue weighted by Crippen LogP contribution is 2.20. The molecule has 0 atom stereocenters. The van der Waals surface area contributed by atoms with Gasteiger partial charge in [-0.05, 0) is 32.0 Å². The van der Waals surface area contributed by atoms with Crippen LogP contribution in [-0.2, 0) is 9.53 Å². The Labute approximate surface area is 92.4 Å². The van der Waals surface area contributed by atoms with E-state index in [1.165, 1.54) is 21.0 Å². The van der Waals surface area contributed by atoms with Gasteiger partial charge >= 0.3 is 5.97 Å². The van der Waals surface area contributed by atoms with Crippen molar-refractivity contribution in [3.63, 3.8) is 0 Å². The van der Waals surface area contributed by atoms with Crippen molar-refractivity contribution >= 4 is 11.7 Å². The summed E-state index contributed by atoms with van der Waals surface area (Å²) in [5.74, 6) is -1.76. The average Bonchev–Trinajstić information content (AvgIpc) is 2.22. The maximum atomic E-state index is 13.3. The molecule has 0 heterocycles. The van der Waals surface area contributed by atoms with Crippen LogP contribution in [0.2, 0.25) is 0 Å². The van der Waals surface area contributed by atoms with Gasteiger partial charge in [-0.3, -0.25) is 0 Å². The summed E-state index contributed by atoms with van der Waals surface area (Å²) in [4.78, 5) is 11.3. The molecule has 3 nitrogen and oxygen atoms in total. The first-order valence-electron chi connectivity index (χ1n) is 4.68. The highest BCUT2D eigenvalue weighted by molar-refractivity contribution is 5.83. The summed E-state index contributed by atoms with van der Waals surface area (Å²) in [5, 5.41) is 2.59. The number of hydrogen-bond donors (Lipinski definition) is 1. The van der Waals surface area contributed by atoms with Crippen molar-refractivity contribution < 1.29 is 18.3 Å². The van der Waals surface area contributed by atoms with Gasteiger partial charge in [0.2, 0.25) is 0 Å². The summed E-state index contributed by atoms with van der Waals surface area (Å²) >= 11 is 0. The number of esters is 1. The Balaban J connectivity index is 2.95. The van der Waals surface area contributed by atoms with Gasteiger partial charge in [0.1, 0.15) is 17.2 Å². The number of methoxy groups -OCH3 is 1. The minimum atomic E-state index is -1.12. The van der Waals surface area contributed by atoms with Gasteiger partial charge < -0.3 is 10.1 Å². The van der Waals surface area contributed by atoms with E-state index in [1.807, 2.05) is 0 Å². The largest absolute Gasteiger partial charge is 0.467 e. The third-order valence-corrected chi connectivity index (χ3v) is 2.07. The molecule has 1 aromatic rings. The van der Waals surface area contributed by atoms with Gasteiger partial charge in [-0.25, -0.2) is 13.6 Å². The fourth-order valence-corrected chi connectivity index (χ4v) is 1.24. The Morgan fingerprint density at radius 3 is 2.56 bits per heavy atom. The molecule has 0 aliphatic rings. The van der Waals surface area contributed by atoms with E-state index in [9.17, 15) is 13.6 Å². The average molecular weight is 229 g/mol. The van der Waals surface area contributed by atoms with E-state index in [1.54, 1.807) is 0 Å². The molecule has 5 heteroatoms. The fourth-order valence-electron chi connectivity index (χ4n) is 1.24. The predicted molar refractivity (Wildman–Crippen MR) is 56.1 cm³/mol. The molecule has 1 N–H and O–H groups in total. The molecule has 0 amide bonds. The lowest BCUT2D eigenvalue weighted by molar-refractivity contribution is -0.144. The summed E-state index contributed by atoms with van der Waals surface area (Å²) < 4.78 is 30.7. The lowest BCUT2D eigenvalue weighted by atomic mass is 10.1. The number of carbonyl (C=O) groups excluding carboxylic acids is 1. The third-order valence-electron chi connectivity index (χ3n) is 2.07. The van der Waals surface area contributed by atoms with Gasteiger partial charge in [-0.1, -0.05) is 0 Å². The van der Waals surface area contributed by atoms with Crippen LogP contribution in [-0.4, -0.2) is 18.6 Å². The van der Waals surface area contributed by atoms with Crippen LogP contribution in [0.15, 0.2) is 18.2 Å². The second-order valence-electron chi connectivity index (χ2n) is 3.87. The summed E-state index contributed by atoms with van der Waals surface area (Å²) in [6, 6.07) is 2.98. The maximum Gasteiger partial charge on any atom is 0.330 e. The van der Waals surface area contributed by atoms with Crippen LogP contribution in [0.5, 0.6) is 0 Å². The highest BCUT2D eigenvalue weighted by Gasteiger charge is 2.29. The molecule has 0 bridgehead atoms. The number of benzene rings is 1. The lowest BCUT2D eigenvalue weighted by Crippen LogP contribution is -2.41. The van der Waals surface area contributed by atoms with Crippen LogP contribution >= 0.6 is 0 Å². The first-order chi connectivity index (χ1) is 7.36. The maximum absolute atomic E-state index is 13.3. The van der Waals surface area contributed by atoms with Crippen molar-refractivity contribution in [2.75, 3.05) is 12.4 Å². The van der Waals surface area contributed by atoms with Crippen LogP contribution < -0.4 is 5.32 Å². The summed E-state index contributed by atoms with van der Waals surface area (Å²) in [7, 11) is 1.23. The molecule has 1 rings (SSSR count). The first-order valence-corrected chi connectivity index (χ1v) is 4.68. The number of hydrogen-bond acceptors (Lipinski definition) is 3. The van der Waals surface area contributed by atoms with Crippen molar-refractivity contribution in [1.29, 1.82) is 0 Å². The van der Waals surface area contributed by atoms with Gasteiger partial charge in [0.15, 0.2) is 0 Å². The molecule has 1 aromatic carbocycles. The molecule has 0 saturated heterocycles. The topological polar surface area (TPSA) is 38.3 Å². The fraction of sp³-hybridized carbons (Fsp3) is 0.364. The number of carbonyl (C=O) groups is 1. The Hall–Kier alpha value is -1.65.